The van der Waals surface area contributed by atoms with Crippen molar-refractivity contribution in [3.05, 3.63) is 41.8 Å². The number of rotatable bonds is 4. The number of H-pyrrole nitrogens is 1. The normalized spacial score (nSPS) is 10.2. The maximum Gasteiger partial charge on any atom is 0.407 e. The molecule has 0 aliphatic rings. The van der Waals surface area contributed by atoms with Crippen molar-refractivity contribution in [1.29, 1.82) is 0 Å². The van der Waals surface area contributed by atoms with Crippen LogP contribution in [0.1, 0.15) is 5.56 Å². The van der Waals surface area contributed by atoms with Crippen molar-refractivity contribution in [2.24, 2.45) is 0 Å². The largest absolute Gasteiger partial charge is 0.494 e. The summed E-state index contributed by atoms with van der Waals surface area (Å²) in [5.41, 5.74) is 1.55. The summed E-state index contributed by atoms with van der Waals surface area (Å²) in [4.78, 5) is 14.0. The zero-order valence-corrected chi connectivity index (χ0v) is 11.2. The average Bonchev–Trinajstić information content (AvgIpc) is 2.87. The van der Waals surface area contributed by atoms with Crippen LogP contribution in [0.25, 0.3) is 11.3 Å². The van der Waals surface area contributed by atoms with Crippen LogP contribution in [-0.4, -0.2) is 25.2 Å². The number of alkyl carbamates (subject to hydrolysis) is 1. The monoisotopic (exact) mass is 278 g/mol. The van der Waals surface area contributed by atoms with Gasteiger partial charge in [0.1, 0.15) is 12.4 Å². The SMILES string of the molecule is CNC(=O)OCc1c[nH]c(-c2ccccc2F)c1OC. The fourth-order valence-corrected chi connectivity index (χ4v) is 1.87. The molecule has 2 N–H and O–H groups in total. The standard InChI is InChI=1S/C14H15FN2O3/c1-16-14(18)20-8-9-7-17-12(13(9)19-2)10-5-3-4-6-11(10)15/h3-7,17H,8H2,1-2H3,(H,16,18). The molecule has 0 atom stereocenters. The van der Waals surface area contributed by atoms with Crippen LogP contribution in [0.15, 0.2) is 30.5 Å². The van der Waals surface area contributed by atoms with Gasteiger partial charge in [0.2, 0.25) is 0 Å². The van der Waals surface area contributed by atoms with Crippen molar-refractivity contribution in [2.75, 3.05) is 14.2 Å². The third-order valence-corrected chi connectivity index (χ3v) is 2.82. The number of ether oxygens (including phenoxy) is 2. The van der Waals surface area contributed by atoms with E-state index in [0.29, 0.717) is 22.6 Å². The number of hydrogen-bond donors (Lipinski definition) is 2. The number of carbonyl (C=O) groups excluding carboxylic acids is 1. The van der Waals surface area contributed by atoms with Crippen LogP contribution in [0.2, 0.25) is 0 Å². The minimum atomic E-state index is -0.541. The van der Waals surface area contributed by atoms with Gasteiger partial charge in [0.05, 0.1) is 12.8 Å². The van der Waals surface area contributed by atoms with Crippen LogP contribution in [-0.2, 0) is 11.3 Å². The Morgan fingerprint density at radius 2 is 2.15 bits per heavy atom. The van der Waals surface area contributed by atoms with E-state index in [4.69, 9.17) is 9.47 Å². The number of amides is 1. The lowest BCUT2D eigenvalue weighted by atomic mass is 10.1. The predicted octanol–water partition coefficient (Wildman–Crippen LogP) is 2.69. The molecule has 2 aromatic rings. The topological polar surface area (TPSA) is 63.3 Å². The van der Waals surface area contributed by atoms with Crippen LogP contribution in [0.5, 0.6) is 5.75 Å². The molecule has 0 aliphatic heterocycles. The predicted molar refractivity (Wildman–Crippen MR) is 72.0 cm³/mol. The lowest BCUT2D eigenvalue weighted by molar-refractivity contribution is 0.141. The molecular formula is C14H15FN2O3. The van der Waals surface area contributed by atoms with Gasteiger partial charge in [-0.25, -0.2) is 9.18 Å². The number of halogens is 1. The second-order valence-electron chi connectivity index (χ2n) is 4.03. The smallest absolute Gasteiger partial charge is 0.407 e. The van der Waals surface area contributed by atoms with Crippen LogP contribution >= 0.6 is 0 Å². The molecule has 1 aromatic heterocycles. The van der Waals surface area contributed by atoms with E-state index in [1.807, 2.05) is 0 Å². The van der Waals surface area contributed by atoms with Gasteiger partial charge in [0.15, 0.2) is 5.75 Å². The van der Waals surface area contributed by atoms with Gasteiger partial charge in [0, 0.05) is 24.4 Å². The Kier molecular flexibility index (Phi) is 4.24. The first-order valence-corrected chi connectivity index (χ1v) is 6.01. The Labute approximate surface area is 115 Å². The highest BCUT2D eigenvalue weighted by molar-refractivity contribution is 5.70. The first kappa shape index (κ1) is 13.9. The molecule has 1 heterocycles. The van der Waals surface area contributed by atoms with Gasteiger partial charge in [-0.1, -0.05) is 12.1 Å². The third-order valence-electron chi connectivity index (χ3n) is 2.82. The second-order valence-corrected chi connectivity index (χ2v) is 4.03. The van der Waals surface area contributed by atoms with Crippen LogP contribution in [0.4, 0.5) is 9.18 Å². The number of aromatic nitrogens is 1. The quantitative estimate of drug-likeness (QED) is 0.903. The van der Waals surface area contributed by atoms with Gasteiger partial charge in [0.25, 0.3) is 0 Å². The number of methoxy groups -OCH3 is 1. The number of aromatic amines is 1. The van der Waals surface area contributed by atoms with Crippen LogP contribution in [0.3, 0.4) is 0 Å². The number of hydrogen-bond acceptors (Lipinski definition) is 3. The summed E-state index contributed by atoms with van der Waals surface area (Å²) >= 11 is 0. The number of nitrogens with one attached hydrogen (secondary N) is 2. The number of benzene rings is 1. The fraction of sp³-hybridized carbons (Fsp3) is 0.214. The Hall–Kier alpha value is -2.50. The zero-order valence-electron chi connectivity index (χ0n) is 11.2. The third kappa shape index (κ3) is 2.74. The van der Waals surface area contributed by atoms with Gasteiger partial charge in [-0.3, -0.25) is 0 Å². The van der Waals surface area contributed by atoms with E-state index in [1.54, 1.807) is 24.4 Å². The molecule has 0 radical (unpaired) electrons. The van der Waals surface area contributed by atoms with E-state index >= 15 is 0 Å². The molecule has 0 bridgehead atoms. The van der Waals surface area contributed by atoms with Gasteiger partial charge < -0.3 is 19.8 Å². The summed E-state index contributed by atoms with van der Waals surface area (Å²) in [6, 6.07) is 6.37. The van der Waals surface area contributed by atoms with Gasteiger partial charge >= 0.3 is 6.09 Å². The van der Waals surface area contributed by atoms with Gasteiger partial charge in [-0.15, -0.1) is 0 Å². The summed E-state index contributed by atoms with van der Waals surface area (Å²) in [7, 11) is 2.96. The molecule has 1 amide bonds. The molecule has 106 valence electrons. The molecular weight excluding hydrogens is 263 g/mol. The lowest BCUT2D eigenvalue weighted by Crippen LogP contribution is -2.18. The van der Waals surface area contributed by atoms with E-state index < -0.39 is 6.09 Å². The molecule has 5 nitrogen and oxygen atoms in total. The molecule has 6 heteroatoms. The van der Waals surface area contributed by atoms with E-state index in [2.05, 4.69) is 10.3 Å². The lowest BCUT2D eigenvalue weighted by Gasteiger charge is -2.07. The van der Waals surface area contributed by atoms with E-state index in [-0.39, 0.29) is 12.4 Å². The average molecular weight is 278 g/mol. The Morgan fingerprint density at radius 3 is 2.80 bits per heavy atom. The highest BCUT2D eigenvalue weighted by Gasteiger charge is 2.17. The summed E-state index contributed by atoms with van der Waals surface area (Å²) in [6.45, 7) is 0.0355. The zero-order chi connectivity index (χ0) is 14.5. The molecule has 1 aromatic carbocycles. The fourth-order valence-electron chi connectivity index (χ4n) is 1.87. The maximum absolute atomic E-state index is 13.8. The van der Waals surface area contributed by atoms with Crippen molar-refractivity contribution in [3.8, 4) is 17.0 Å². The maximum atomic E-state index is 13.8. The second kappa shape index (κ2) is 6.10. The summed E-state index contributed by atoms with van der Waals surface area (Å²) in [5, 5.41) is 2.35. The van der Waals surface area contributed by atoms with E-state index in [9.17, 15) is 9.18 Å². The molecule has 0 unspecified atom stereocenters. The van der Waals surface area contributed by atoms with Gasteiger partial charge in [-0.05, 0) is 12.1 Å². The van der Waals surface area contributed by atoms with Crippen LogP contribution < -0.4 is 10.1 Å². The van der Waals surface area contributed by atoms with Crippen LogP contribution in [0, 0.1) is 5.82 Å². The minimum absolute atomic E-state index is 0.0355. The van der Waals surface area contributed by atoms with Crippen molar-refractivity contribution < 1.29 is 18.7 Å². The Bertz CT molecular complexity index is 610. The number of carbonyl (C=O) groups is 1. The molecule has 0 spiro atoms. The molecule has 0 saturated heterocycles. The van der Waals surface area contributed by atoms with Crippen molar-refractivity contribution >= 4 is 6.09 Å². The summed E-state index contributed by atoms with van der Waals surface area (Å²) in [5.74, 6) is 0.102. The molecule has 2 rings (SSSR count). The highest BCUT2D eigenvalue weighted by atomic mass is 19.1. The first-order chi connectivity index (χ1) is 9.67. The van der Waals surface area contributed by atoms with Gasteiger partial charge in [-0.2, -0.15) is 0 Å². The Morgan fingerprint density at radius 1 is 1.40 bits per heavy atom. The van der Waals surface area contributed by atoms with E-state index in [1.165, 1.54) is 20.2 Å². The Balaban J connectivity index is 2.30. The first-order valence-electron chi connectivity index (χ1n) is 6.01. The molecule has 0 saturated carbocycles. The molecule has 0 fully saturated rings. The molecule has 0 aliphatic carbocycles. The molecule has 20 heavy (non-hydrogen) atoms. The van der Waals surface area contributed by atoms with Crippen molar-refractivity contribution in [3.63, 3.8) is 0 Å². The minimum Gasteiger partial charge on any atom is -0.494 e. The van der Waals surface area contributed by atoms with Crippen molar-refractivity contribution in [1.82, 2.24) is 10.3 Å². The highest BCUT2D eigenvalue weighted by Crippen LogP contribution is 2.34. The summed E-state index contributed by atoms with van der Waals surface area (Å²) < 4.78 is 24.0. The van der Waals surface area contributed by atoms with Crippen molar-refractivity contribution in [2.45, 2.75) is 6.61 Å². The van der Waals surface area contributed by atoms with E-state index in [0.717, 1.165) is 0 Å². The summed E-state index contributed by atoms with van der Waals surface area (Å²) in [6.07, 6.45) is 1.09.